The van der Waals surface area contributed by atoms with Crippen LogP contribution in [0.25, 0.3) is 0 Å². The first-order valence-corrected chi connectivity index (χ1v) is 6.35. The maximum atomic E-state index is 5.47. The first-order valence-electron chi connectivity index (χ1n) is 6.35. The molecule has 0 fully saturated rings. The molecule has 0 aliphatic heterocycles. The Balaban J connectivity index is 0.00000361. The fourth-order valence-electron chi connectivity index (χ4n) is 1.63. The number of methoxy groups -OCH3 is 1. The van der Waals surface area contributed by atoms with E-state index in [0.29, 0.717) is 19.0 Å². The van der Waals surface area contributed by atoms with E-state index >= 15 is 0 Å². The molecule has 0 bridgehead atoms. The molecule has 5 heteroatoms. The van der Waals surface area contributed by atoms with Gasteiger partial charge in [0, 0.05) is 13.7 Å². The average molecular weight is 387 g/mol. The van der Waals surface area contributed by atoms with Crippen LogP contribution < -0.4 is 10.6 Å². The van der Waals surface area contributed by atoms with Gasteiger partial charge in [0.05, 0.1) is 13.1 Å². The minimum Gasteiger partial charge on any atom is -0.375 e. The molecule has 1 unspecified atom stereocenters. The normalized spacial score (nSPS) is 11.9. The Hall–Kier alpha value is -1.26. The molecule has 4 nitrogen and oxygen atoms in total. The van der Waals surface area contributed by atoms with Gasteiger partial charge in [0.15, 0.2) is 5.96 Å². The molecule has 0 aliphatic carbocycles. The van der Waals surface area contributed by atoms with Crippen molar-refractivity contribution in [2.45, 2.75) is 13.0 Å². The van der Waals surface area contributed by atoms with Crippen LogP contribution in [0.5, 0.6) is 0 Å². The molecule has 0 aromatic heterocycles. The molecule has 0 aliphatic rings. The largest absolute Gasteiger partial charge is 0.375 e. The lowest BCUT2D eigenvalue weighted by molar-refractivity contribution is 0.111. The molecule has 1 aromatic carbocycles. The lowest BCUT2D eigenvalue weighted by atomic mass is 10.1. The number of nitrogens with zero attached hydrogens (tertiary/aromatic N) is 1. The van der Waals surface area contributed by atoms with Crippen LogP contribution in [0.4, 0.5) is 0 Å². The summed E-state index contributed by atoms with van der Waals surface area (Å²) in [6, 6.07) is 10.0. The van der Waals surface area contributed by atoms with Crippen LogP contribution in [0.3, 0.4) is 0 Å². The summed E-state index contributed by atoms with van der Waals surface area (Å²) < 4.78 is 5.47. The molecule has 0 amide bonds. The molecule has 1 atom stereocenters. The molecular formula is C15H22IN3O. The van der Waals surface area contributed by atoms with Crippen molar-refractivity contribution in [3.05, 3.63) is 35.9 Å². The van der Waals surface area contributed by atoms with Gasteiger partial charge in [-0.15, -0.1) is 30.4 Å². The van der Waals surface area contributed by atoms with Crippen molar-refractivity contribution in [2.24, 2.45) is 4.99 Å². The van der Waals surface area contributed by atoms with Crippen molar-refractivity contribution in [1.82, 2.24) is 10.6 Å². The number of nitrogens with one attached hydrogen (secondary N) is 2. The number of benzene rings is 1. The third kappa shape index (κ3) is 6.78. The summed E-state index contributed by atoms with van der Waals surface area (Å²) >= 11 is 0. The highest BCUT2D eigenvalue weighted by Crippen LogP contribution is 2.16. The zero-order chi connectivity index (χ0) is 13.9. The highest BCUT2D eigenvalue weighted by molar-refractivity contribution is 14.0. The lowest BCUT2D eigenvalue weighted by Gasteiger charge is -2.15. The van der Waals surface area contributed by atoms with Gasteiger partial charge in [-0.2, -0.15) is 0 Å². The van der Waals surface area contributed by atoms with Gasteiger partial charge in [-0.05, 0) is 12.5 Å². The van der Waals surface area contributed by atoms with E-state index in [9.17, 15) is 0 Å². The Kier molecular flexibility index (Phi) is 10.8. The predicted octanol–water partition coefficient (Wildman–Crippen LogP) is 2.18. The second-order valence-corrected chi connectivity index (χ2v) is 3.91. The van der Waals surface area contributed by atoms with Crippen LogP contribution in [0.1, 0.15) is 18.6 Å². The molecule has 0 radical (unpaired) electrons. The number of hydrogen-bond acceptors (Lipinski definition) is 2. The Morgan fingerprint density at radius 3 is 2.60 bits per heavy atom. The number of aliphatic imine (C=N–C) groups is 1. The van der Waals surface area contributed by atoms with Gasteiger partial charge in [-0.1, -0.05) is 36.3 Å². The zero-order valence-corrected chi connectivity index (χ0v) is 14.3. The smallest absolute Gasteiger partial charge is 0.192 e. The van der Waals surface area contributed by atoms with Crippen molar-refractivity contribution in [3.8, 4) is 12.3 Å². The summed E-state index contributed by atoms with van der Waals surface area (Å²) in [4.78, 5) is 4.47. The van der Waals surface area contributed by atoms with Gasteiger partial charge < -0.3 is 15.4 Å². The van der Waals surface area contributed by atoms with E-state index < -0.39 is 0 Å². The van der Waals surface area contributed by atoms with Crippen molar-refractivity contribution in [2.75, 3.05) is 26.7 Å². The van der Waals surface area contributed by atoms with Gasteiger partial charge in [0.25, 0.3) is 0 Å². The zero-order valence-electron chi connectivity index (χ0n) is 11.9. The highest BCUT2D eigenvalue weighted by Gasteiger charge is 2.09. The number of rotatable bonds is 6. The third-order valence-corrected chi connectivity index (χ3v) is 2.57. The summed E-state index contributed by atoms with van der Waals surface area (Å²) in [7, 11) is 1.69. The fraction of sp³-hybridized carbons (Fsp3) is 0.400. The van der Waals surface area contributed by atoms with Gasteiger partial charge in [-0.25, -0.2) is 0 Å². The fourth-order valence-corrected chi connectivity index (χ4v) is 1.63. The van der Waals surface area contributed by atoms with Crippen molar-refractivity contribution in [3.63, 3.8) is 0 Å². The van der Waals surface area contributed by atoms with Crippen molar-refractivity contribution in [1.29, 1.82) is 0 Å². The Bertz CT molecular complexity index is 428. The first-order chi connectivity index (χ1) is 9.31. The van der Waals surface area contributed by atoms with Gasteiger partial charge in [0.1, 0.15) is 6.10 Å². The molecule has 1 rings (SSSR count). The van der Waals surface area contributed by atoms with Crippen LogP contribution in [0.2, 0.25) is 0 Å². The summed E-state index contributed by atoms with van der Waals surface area (Å²) in [6.07, 6.45) is 5.17. The van der Waals surface area contributed by atoms with Gasteiger partial charge in [0.2, 0.25) is 0 Å². The van der Waals surface area contributed by atoms with E-state index in [4.69, 9.17) is 11.2 Å². The molecule has 2 N–H and O–H groups in total. The quantitative estimate of drug-likeness (QED) is 0.341. The van der Waals surface area contributed by atoms with Crippen LogP contribution in [-0.2, 0) is 4.74 Å². The SMILES string of the molecule is C#CCNC(=NCC(OC)c1ccccc1)NCC.I. The summed E-state index contributed by atoms with van der Waals surface area (Å²) in [5, 5.41) is 6.18. The van der Waals surface area contributed by atoms with E-state index in [1.165, 1.54) is 0 Å². The molecule has 110 valence electrons. The molecule has 0 spiro atoms. The Labute approximate surface area is 138 Å². The molecule has 1 aromatic rings. The minimum absolute atomic E-state index is 0. The maximum Gasteiger partial charge on any atom is 0.192 e. The number of guanidine groups is 1. The molecule has 0 heterocycles. The Morgan fingerprint density at radius 2 is 2.05 bits per heavy atom. The molecule has 0 saturated heterocycles. The van der Waals surface area contributed by atoms with Crippen molar-refractivity contribution < 1.29 is 4.74 Å². The van der Waals surface area contributed by atoms with E-state index in [-0.39, 0.29) is 30.1 Å². The molecule has 20 heavy (non-hydrogen) atoms. The molecule has 0 saturated carbocycles. The monoisotopic (exact) mass is 387 g/mol. The second kappa shape index (κ2) is 11.6. The first kappa shape index (κ1) is 18.7. The summed E-state index contributed by atoms with van der Waals surface area (Å²) in [6.45, 7) is 3.80. The summed E-state index contributed by atoms with van der Waals surface area (Å²) in [5.41, 5.74) is 1.11. The van der Waals surface area contributed by atoms with Crippen LogP contribution in [0.15, 0.2) is 35.3 Å². The predicted molar refractivity (Wildman–Crippen MR) is 94.4 cm³/mol. The third-order valence-electron chi connectivity index (χ3n) is 2.57. The number of ether oxygens (including phenoxy) is 1. The molecular weight excluding hydrogens is 365 g/mol. The van der Waals surface area contributed by atoms with E-state index in [0.717, 1.165) is 12.1 Å². The topological polar surface area (TPSA) is 45.7 Å². The number of halogens is 1. The second-order valence-electron chi connectivity index (χ2n) is 3.91. The highest BCUT2D eigenvalue weighted by atomic mass is 127. The van der Waals surface area contributed by atoms with Crippen molar-refractivity contribution >= 4 is 29.9 Å². The standard InChI is InChI=1S/C15H21N3O.HI/c1-4-11-17-15(16-5-2)18-12-14(19-3)13-9-7-6-8-10-13;/h1,6-10,14H,5,11-12H2,2-3H3,(H2,16,17,18);1H. The average Bonchev–Trinajstić information content (AvgIpc) is 2.46. The van der Waals surface area contributed by atoms with E-state index in [1.807, 2.05) is 37.3 Å². The Morgan fingerprint density at radius 1 is 1.35 bits per heavy atom. The van der Waals surface area contributed by atoms with Gasteiger partial charge in [-0.3, -0.25) is 4.99 Å². The van der Waals surface area contributed by atoms with E-state index in [1.54, 1.807) is 7.11 Å². The van der Waals surface area contributed by atoms with Gasteiger partial charge >= 0.3 is 0 Å². The van der Waals surface area contributed by atoms with E-state index in [2.05, 4.69) is 21.5 Å². The maximum absolute atomic E-state index is 5.47. The number of terminal acetylenes is 1. The van der Waals surface area contributed by atoms with Crippen LogP contribution in [0, 0.1) is 12.3 Å². The minimum atomic E-state index is -0.0532. The van der Waals surface area contributed by atoms with Crippen LogP contribution in [-0.4, -0.2) is 32.7 Å². The lowest BCUT2D eigenvalue weighted by Crippen LogP contribution is -2.37. The number of hydrogen-bond donors (Lipinski definition) is 2. The van der Waals surface area contributed by atoms with Crippen LogP contribution >= 0.6 is 24.0 Å². The summed E-state index contributed by atoms with van der Waals surface area (Å²) in [5.74, 6) is 3.23.